The summed E-state index contributed by atoms with van der Waals surface area (Å²) >= 11 is 0. The molecule has 1 aliphatic rings. The van der Waals surface area contributed by atoms with Crippen molar-refractivity contribution in [1.29, 1.82) is 5.26 Å². The Morgan fingerprint density at radius 3 is 2.67 bits per heavy atom. The van der Waals surface area contributed by atoms with E-state index in [4.69, 9.17) is 5.26 Å². The Morgan fingerprint density at radius 2 is 2.07 bits per heavy atom. The Labute approximate surface area is 90.7 Å². The van der Waals surface area contributed by atoms with Gasteiger partial charge in [-0.1, -0.05) is 20.8 Å². The maximum absolute atomic E-state index is 9.05. The molecule has 80 valence electrons. The Morgan fingerprint density at radius 1 is 1.33 bits per heavy atom. The number of imidazole rings is 1. The summed E-state index contributed by atoms with van der Waals surface area (Å²) in [4.78, 5) is 4.48. The molecule has 0 radical (unpaired) electrons. The first-order valence-electron chi connectivity index (χ1n) is 5.54. The average molecular weight is 203 g/mol. The van der Waals surface area contributed by atoms with Crippen LogP contribution in [0.25, 0.3) is 0 Å². The van der Waals surface area contributed by atoms with Gasteiger partial charge in [0.1, 0.15) is 11.9 Å². The molecule has 1 aromatic rings. The summed E-state index contributed by atoms with van der Waals surface area (Å²) in [6.07, 6.45) is 3.40. The highest BCUT2D eigenvalue weighted by molar-refractivity contribution is 5.32. The van der Waals surface area contributed by atoms with E-state index >= 15 is 0 Å². The van der Waals surface area contributed by atoms with E-state index in [1.807, 2.05) is 0 Å². The molecule has 0 unspecified atom stereocenters. The Balaban J connectivity index is 2.58. The molecular formula is C12H17N3. The van der Waals surface area contributed by atoms with Gasteiger partial charge >= 0.3 is 0 Å². The van der Waals surface area contributed by atoms with Gasteiger partial charge in [0, 0.05) is 12.0 Å². The van der Waals surface area contributed by atoms with Crippen molar-refractivity contribution >= 4 is 0 Å². The van der Waals surface area contributed by atoms with Crippen molar-refractivity contribution in [3.63, 3.8) is 0 Å². The maximum Gasteiger partial charge on any atom is 0.162 e. The number of nitrogens with zero attached hydrogens (tertiary/aromatic N) is 3. The van der Waals surface area contributed by atoms with Gasteiger partial charge in [-0.15, -0.1) is 0 Å². The molecule has 1 aromatic heterocycles. The van der Waals surface area contributed by atoms with Crippen LogP contribution in [0, 0.1) is 11.3 Å². The van der Waals surface area contributed by atoms with Crippen LogP contribution in [-0.4, -0.2) is 9.55 Å². The summed E-state index contributed by atoms with van der Waals surface area (Å²) in [6, 6.07) is 2.22. The average Bonchev–Trinajstić information content (AvgIpc) is 2.55. The van der Waals surface area contributed by atoms with Crippen LogP contribution in [0.1, 0.15) is 50.8 Å². The summed E-state index contributed by atoms with van der Waals surface area (Å²) < 4.78 is 2.25. The lowest BCUT2D eigenvalue weighted by Gasteiger charge is -2.23. The maximum atomic E-state index is 9.05. The highest BCUT2D eigenvalue weighted by atomic mass is 15.1. The molecule has 0 saturated carbocycles. The van der Waals surface area contributed by atoms with Crippen molar-refractivity contribution in [2.24, 2.45) is 0 Å². The smallest absolute Gasteiger partial charge is 0.162 e. The molecule has 2 rings (SSSR count). The number of hydrogen-bond donors (Lipinski definition) is 0. The predicted molar refractivity (Wildman–Crippen MR) is 58.6 cm³/mol. The van der Waals surface area contributed by atoms with Crippen LogP contribution in [-0.2, 0) is 18.4 Å². The number of aromatic nitrogens is 2. The number of nitriles is 1. The Kier molecular flexibility index (Phi) is 2.30. The van der Waals surface area contributed by atoms with Crippen molar-refractivity contribution in [3.05, 3.63) is 17.2 Å². The standard InChI is InChI=1S/C12H17N3/c1-12(2,3)11-14-9(8-13)10-6-4-5-7-15(10)11/h4-7H2,1-3H3. The van der Waals surface area contributed by atoms with Crippen LogP contribution in [0.5, 0.6) is 0 Å². The highest BCUT2D eigenvalue weighted by Gasteiger charge is 2.26. The van der Waals surface area contributed by atoms with E-state index in [1.54, 1.807) is 0 Å². The lowest BCUT2D eigenvalue weighted by atomic mass is 9.95. The third kappa shape index (κ3) is 1.65. The normalized spacial score (nSPS) is 15.9. The van der Waals surface area contributed by atoms with Crippen LogP contribution >= 0.6 is 0 Å². The highest BCUT2D eigenvalue weighted by Crippen LogP contribution is 2.28. The molecule has 15 heavy (non-hydrogen) atoms. The fraction of sp³-hybridized carbons (Fsp3) is 0.667. The number of hydrogen-bond acceptors (Lipinski definition) is 2. The first-order valence-corrected chi connectivity index (χ1v) is 5.54. The van der Waals surface area contributed by atoms with Crippen molar-refractivity contribution in [3.8, 4) is 6.07 Å². The molecule has 2 heterocycles. The van der Waals surface area contributed by atoms with Crippen molar-refractivity contribution in [2.75, 3.05) is 0 Å². The summed E-state index contributed by atoms with van der Waals surface area (Å²) in [5, 5.41) is 9.05. The molecule has 0 bridgehead atoms. The summed E-state index contributed by atoms with van der Waals surface area (Å²) in [5.41, 5.74) is 1.81. The van der Waals surface area contributed by atoms with Gasteiger partial charge in [-0.05, 0) is 19.3 Å². The zero-order valence-corrected chi connectivity index (χ0v) is 9.67. The van der Waals surface area contributed by atoms with Gasteiger partial charge in [0.2, 0.25) is 0 Å². The molecule has 0 N–H and O–H groups in total. The van der Waals surface area contributed by atoms with E-state index in [0.717, 1.165) is 24.5 Å². The molecule has 0 amide bonds. The van der Waals surface area contributed by atoms with Gasteiger partial charge < -0.3 is 4.57 Å². The van der Waals surface area contributed by atoms with Crippen LogP contribution in [0.2, 0.25) is 0 Å². The predicted octanol–water partition coefficient (Wildman–Crippen LogP) is 2.39. The first-order chi connectivity index (χ1) is 7.04. The van der Waals surface area contributed by atoms with Crippen molar-refractivity contribution in [1.82, 2.24) is 9.55 Å². The van der Waals surface area contributed by atoms with E-state index in [-0.39, 0.29) is 5.41 Å². The number of fused-ring (bicyclic) bond motifs is 1. The Bertz CT molecular complexity index is 415. The molecule has 0 fully saturated rings. The van der Waals surface area contributed by atoms with Gasteiger partial charge in [-0.25, -0.2) is 4.98 Å². The molecule has 0 saturated heterocycles. The van der Waals surface area contributed by atoms with Crippen molar-refractivity contribution < 1.29 is 0 Å². The van der Waals surface area contributed by atoms with Gasteiger partial charge in [0.05, 0.1) is 5.69 Å². The van der Waals surface area contributed by atoms with Gasteiger partial charge in [0.15, 0.2) is 5.69 Å². The van der Waals surface area contributed by atoms with Crippen LogP contribution in [0.4, 0.5) is 0 Å². The van der Waals surface area contributed by atoms with E-state index in [9.17, 15) is 0 Å². The van der Waals surface area contributed by atoms with Crippen molar-refractivity contribution in [2.45, 2.75) is 52.0 Å². The van der Waals surface area contributed by atoms with E-state index in [0.29, 0.717) is 5.69 Å². The largest absolute Gasteiger partial charge is 0.330 e. The van der Waals surface area contributed by atoms with Crippen LogP contribution in [0.3, 0.4) is 0 Å². The summed E-state index contributed by atoms with van der Waals surface area (Å²) in [5.74, 6) is 1.06. The third-order valence-corrected chi connectivity index (χ3v) is 2.89. The second-order valence-corrected chi connectivity index (χ2v) is 5.20. The Hall–Kier alpha value is -1.30. The summed E-state index contributed by atoms with van der Waals surface area (Å²) in [7, 11) is 0. The molecule has 0 spiro atoms. The number of rotatable bonds is 0. The summed E-state index contributed by atoms with van der Waals surface area (Å²) in [6.45, 7) is 7.48. The molecule has 0 aliphatic carbocycles. The first kappa shape index (κ1) is 10.2. The fourth-order valence-corrected chi connectivity index (χ4v) is 2.21. The quantitative estimate of drug-likeness (QED) is 0.649. The molecule has 3 nitrogen and oxygen atoms in total. The topological polar surface area (TPSA) is 41.6 Å². The monoisotopic (exact) mass is 203 g/mol. The van der Waals surface area contributed by atoms with E-state index in [1.165, 1.54) is 12.8 Å². The van der Waals surface area contributed by atoms with Gasteiger partial charge in [0.25, 0.3) is 0 Å². The lowest BCUT2D eigenvalue weighted by molar-refractivity contribution is 0.453. The molecular weight excluding hydrogens is 186 g/mol. The second-order valence-electron chi connectivity index (χ2n) is 5.20. The minimum atomic E-state index is 0.0290. The zero-order valence-electron chi connectivity index (χ0n) is 9.67. The fourth-order valence-electron chi connectivity index (χ4n) is 2.21. The minimum absolute atomic E-state index is 0.0290. The lowest BCUT2D eigenvalue weighted by Crippen LogP contribution is -2.22. The molecule has 3 heteroatoms. The molecule has 0 atom stereocenters. The van der Waals surface area contributed by atoms with E-state index < -0.39 is 0 Å². The van der Waals surface area contributed by atoms with E-state index in [2.05, 4.69) is 36.4 Å². The third-order valence-electron chi connectivity index (χ3n) is 2.89. The molecule has 1 aliphatic heterocycles. The van der Waals surface area contributed by atoms with Gasteiger partial charge in [-0.3, -0.25) is 0 Å². The SMILES string of the molecule is CC(C)(C)c1nc(C#N)c2n1CCCC2. The minimum Gasteiger partial charge on any atom is -0.330 e. The van der Waals surface area contributed by atoms with Gasteiger partial charge in [-0.2, -0.15) is 5.26 Å². The molecule has 0 aromatic carbocycles. The zero-order chi connectivity index (χ0) is 11.1. The van der Waals surface area contributed by atoms with Crippen LogP contribution in [0.15, 0.2) is 0 Å². The van der Waals surface area contributed by atoms with Crippen LogP contribution < -0.4 is 0 Å². The second kappa shape index (κ2) is 3.37.